The third-order valence-corrected chi connectivity index (χ3v) is 14.4. The van der Waals surface area contributed by atoms with E-state index >= 15 is 0 Å². The van der Waals surface area contributed by atoms with Crippen LogP contribution in [0.4, 0.5) is 0 Å². The first-order chi connectivity index (χ1) is 36.1. The minimum Gasteiger partial charge on any atom is -0.457 e. The summed E-state index contributed by atoms with van der Waals surface area (Å²) in [6.07, 6.45) is 57.2. The highest BCUT2D eigenvalue weighted by Crippen LogP contribution is 2.26. The molecule has 6 atom stereocenters. The van der Waals surface area contributed by atoms with Gasteiger partial charge in [-0.15, -0.1) is 0 Å². The van der Waals surface area contributed by atoms with Gasteiger partial charge >= 0.3 is 16.4 Å². The topological polar surface area (TPSA) is 178 Å². The summed E-state index contributed by atoms with van der Waals surface area (Å²) in [5.74, 6) is -0.399. The van der Waals surface area contributed by atoms with E-state index in [1.807, 2.05) is 0 Å². The molecule has 12 nitrogen and oxygen atoms in total. The number of carbonyl (C=O) groups is 1. The van der Waals surface area contributed by atoms with Crippen molar-refractivity contribution in [1.82, 2.24) is 0 Å². The second-order valence-corrected chi connectivity index (χ2v) is 22.0. The number of allylic oxidation sites excluding steroid dienone is 8. The SMILES string of the molecule is CCCCCCC/C=C\C/C=C\C/C=C\CCCCCCCCCCCOCC(COC1OC(CO)C(O)C(OS(=O)(=O)O)C1O)OC(=O)CCCCCCCCCCCCC/C=C\CCCCCCCCCC. The Bertz CT molecular complexity index is 1470. The van der Waals surface area contributed by atoms with Gasteiger partial charge in [0.1, 0.15) is 30.5 Å². The van der Waals surface area contributed by atoms with Crippen molar-refractivity contribution in [2.45, 2.75) is 307 Å². The van der Waals surface area contributed by atoms with Gasteiger partial charge in [0.15, 0.2) is 6.29 Å². The van der Waals surface area contributed by atoms with Crippen molar-refractivity contribution in [3.8, 4) is 0 Å². The number of ether oxygens (including phenoxy) is 4. The van der Waals surface area contributed by atoms with Crippen molar-refractivity contribution < 1.29 is 56.2 Å². The molecule has 0 bridgehead atoms. The van der Waals surface area contributed by atoms with E-state index in [1.54, 1.807) is 0 Å². The fourth-order valence-corrected chi connectivity index (χ4v) is 9.83. The number of aliphatic hydroxyl groups is 3. The third-order valence-electron chi connectivity index (χ3n) is 13.9. The van der Waals surface area contributed by atoms with Crippen LogP contribution in [0.5, 0.6) is 0 Å². The summed E-state index contributed by atoms with van der Waals surface area (Å²) in [5.41, 5.74) is 0. The highest BCUT2D eigenvalue weighted by atomic mass is 32.3. The summed E-state index contributed by atoms with van der Waals surface area (Å²) in [4.78, 5) is 13.0. The van der Waals surface area contributed by atoms with E-state index in [1.165, 1.54) is 186 Å². The molecule has 74 heavy (non-hydrogen) atoms. The van der Waals surface area contributed by atoms with Gasteiger partial charge in [0, 0.05) is 13.0 Å². The fraction of sp³-hybridized carbons (Fsp3) is 0.852. The van der Waals surface area contributed by atoms with E-state index in [0.29, 0.717) is 13.0 Å². The smallest absolute Gasteiger partial charge is 0.397 e. The zero-order chi connectivity index (χ0) is 53.8. The maximum Gasteiger partial charge on any atom is 0.397 e. The molecule has 434 valence electrons. The standard InChI is InChI=1S/C61H112O12S/c1-3-5-7-9-11-13-15-17-19-21-23-25-27-29-31-33-35-37-39-41-43-45-47-49-51-69-53-55(54-70-61-59(65)60(73-74(66,67)68)58(64)56(52-62)72-61)71-57(63)50-48-46-44-42-40-38-36-34-32-30-28-26-24-22-20-18-16-14-12-10-8-6-4-2/h15,17,21-24,27,29,55-56,58-62,64-65H,3-14,16,18-20,25-26,28,30-54H2,1-2H3,(H,66,67,68)/b17-15-,23-21-,24-22-,29-27-. The van der Waals surface area contributed by atoms with Crippen molar-refractivity contribution in [1.29, 1.82) is 0 Å². The Hall–Kier alpha value is -1.94. The predicted molar refractivity (Wildman–Crippen MR) is 303 cm³/mol. The molecule has 0 amide bonds. The zero-order valence-corrected chi connectivity index (χ0v) is 48.0. The molecule has 1 aliphatic rings. The first-order valence-electron chi connectivity index (χ1n) is 30.4. The Morgan fingerprint density at radius 2 is 0.892 bits per heavy atom. The summed E-state index contributed by atoms with van der Waals surface area (Å²) in [5, 5.41) is 30.9. The van der Waals surface area contributed by atoms with Crippen LogP contribution in [0.25, 0.3) is 0 Å². The van der Waals surface area contributed by atoms with Crippen LogP contribution in [-0.4, -0.2) is 97.5 Å². The minimum atomic E-state index is -5.07. The largest absolute Gasteiger partial charge is 0.457 e. The Morgan fingerprint density at radius 3 is 1.31 bits per heavy atom. The average molecular weight is 1070 g/mol. The van der Waals surface area contributed by atoms with Crippen molar-refractivity contribution >= 4 is 16.4 Å². The van der Waals surface area contributed by atoms with Gasteiger partial charge in [0.25, 0.3) is 0 Å². The number of rotatable bonds is 54. The van der Waals surface area contributed by atoms with Crippen LogP contribution < -0.4 is 0 Å². The Kier molecular flexibility index (Phi) is 49.0. The van der Waals surface area contributed by atoms with Gasteiger partial charge in [-0.25, -0.2) is 4.18 Å². The van der Waals surface area contributed by atoms with Gasteiger partial charge in [-0.05, 0) is 77.0 Å². The molecular weight excluding hydrogens is 957 g/mol. The van der Waals surface area contributed by atoms with E-state index in [2.05, 4.69) is 66.6 Å². The van der Waals surface area contributed by atoms with Crippen LogP contribution in [0.1, 0.15) is 271 Å². The van der Waals surface area contributed by atoms with Gasteiger partial charge in [0.2, 0.25) is 0 Å². The quantitative estimate of drug-likeness (QED) is 0.0196. The number of esters is 1. The summed E-state index contributed by atoms with van der Waals surface area (Å²) in [6.45, 7) is 4.01. The molecule has 1 rings (SSSR count). The lowest BCUT2D eigenvalue weighted by atomic mass is 9.99. The van der Waals surface area contributed by atoms with Crippen LogP contribution in [0.15, 0.2) is 48.6 Å². The molecule has 0 saturated carbocycles. The van der Waals surface area contributed by atoms with E-state index in [9.17, 15) is 33.1 Å². The molecule has 1 aliphatic heterocycles. The van der Waals surface area contributed by atoms with Crippen LogP contribution in [-0.2, 0) is 38.3 Å². The lowest BCUT2D eigenvalue weighted by molar-refractivity contribution is -0.301. The predicted octanol–water partition coefficient (Wildman–Crippen LogP) is 15.4. The van der Waals surface area contributed by atoms with Gasteiger partial charge in [-0.3, -0.25) is 9.35 Å². The van der Waals surface area contributed by atoms with Crippen LogP contribution in [0.2, 0.25) is 0 Å². The Balaban J connectivity index is 2.28. The van der Waals surface area contributed by atoms with Gasteiger partial charge in [0.05, 0.1) is 19.8 Å². The first kappa shape index (κ1) is 70.1. The summed E-state index contributed by atoms with van der Waals surface area (Å²) >= 11 is 0. The second-order valence-electron chi connectivity index (χ2n) is 20.9. The van der Waals surface area contributed by atoms with Gasteiger partial charge in [-0.2, -0.15) is 8.42 Å². The molecule has 0 spiro atoms. The number of carbonyl (C=O) groups excluding carboxylic acids is 1. The van der Waals surface area contributed by atoms with Gasteiger partial charge in [-0.1, -0.05) is 236 Å². The molecule has 6 unspecified atom stereocenters. The molecule has 1 fully saturated rings. The average Bonchev–Trinajstić information content (AvgIpc) is 3.38. The van der Waals surface area contributed by atoms with E-state index in [4.69, 9.17) is 18.9 Å². The van der Waals surface area contributed by atoms with E-state index < -0.39 is 59.8 Å². The number of hydrogen-bond acceptors (Lipinski definition) is 11. The Labute approximate surface area is 453 Å². The zero-order valence-electron chi connectivity index (χ0n) is 47.2. The molecule has 0 aromatic carbocycles. The summed E-state index contributed by atoms with van der Waals surface area (Å²) < 4.78 is 59.5. The highest BCUT2D eigenvalue weighted by molar-refractivity contribution is 7.80. The van der Waals surface area contributed by atoms with Gasteiger partial charge < -0.3 is 34.3 Å². The third kappa shape index (κ3) is 44.1. The molecule has 1 heterocycles. The number of unbranched alkanes of at least 4 members (excludes halogenated alkanes) is 33. The first-order valence-corrected chi connectivity index (χ1v) is 31.8. The molecule has 13 heteroatoms. The normalized spacial score (nSPS) is 19.0. The lowest BCUT2D eigenvalue weighted by Gasteiger charge is -2.41. The maximum absolute atomic E-state index is 13.0. The Morgan fingerprint density at radius 1 is 0.514 bits per heavy atom. The number of hydrogen-bond donors (Lipinski definition) is 4. The second kappa shape index (κ2) is 51.8. The fourth-order valence-electron chi connectivity index (χ4n) is 9.32. The van der Waals surface area contributed by atoms with Crippen LogP contribution in [0.3, 0.4) is 0 Å². The number of aliphatic hydroxyl groups excluding tert-OH is 3. The van der Waals surface area contributed by atoms with Crippen molar-refractivity contribution in [2.75, 3.05) is 26.4 Å². The molecule has 4 N–H and O–H groups in total. The minimum absolute atomic E-state index is 0.0326. The molecule has 0 aromatic heterocycles. The summed E-state index contributed by atoms with van der Waals surface area (Å²) in [7, 11) is -5.07. The maximum atomic E-state index is 13.0. The highest BCUT2D eigenvalue weighted by Gasteiger charge is 2.48. The lowest BCUT2D eigenvalue weighted by Crippen LogP contribution is -2.60. The molecule has 0 radical (unpaired) electrons. The van der Waals surface area contributed by atoms with Crippen LogP contribution >= 0.6 is 0 Å². The van der Waals surface area contributed by atoms with Crippen molar-refractivity contribution in [3.05, 3.63) is 48.6 Å². The van der Waals surface area contributed by atoms with Crippen molar-refractivity contribution in [2.24, 2.45) is 0 Å². The van der Waals surface area contributed by atoms with Crippen LogP contribution in [0, 0.1) is 0 Å². The monoisotopic (exact) mass is 1070 g/mol. The molecule has 0 aromatic rings. The van der Waals surface area contributed by atoms with Crippen molar-refractivity contribution in [3.63, 3.8) is 0 Å². The van der Waals surface area contributed by atoms with E-state index in [-0.39, 0.29) is 19.6 Å². The van der Waals surface area contributed by atoms with E-state index in [0.717, 1.165) is 57.8 Å². The molecular formula is C61H112O12S. The molecule has 0 aliphatic carbocycles. The summed E-state index contributed by atoms with van der Waals surface area (Å²) in [6, 6.07) is 0. The molecule has 1 saturated heterocycles.